The molecule has 2 nitrogen and oxygen atoms in total. The van der Waals surface area contributed by atoms with Crippen molar-refractivity contribution in [3.05, 3.63) is 0 Å². The van der Waals surface area contributed by atoms with Gasteiger partial charge in [-0.25, -0.2) is 0 Å². The molecule has 12 heavy (non-hydrogen) atoms. The fraction of sp³-hybridized carbons (Fsp3) is 0.778. The minimum atomic E-state index is 0.146. The standard InChI is InChI=1S/C9H16N2S/c1-3-4-8(10)9-7-12-6-5-11(9)2/h1,8-9H,4-7,10H2,2H3. The van der Waals surface area contributed by atoms with Crippen molar-refractivity contribution in [1.82, 2.24) is 4.90 Å². The van der Waals surface area contributed by atoms with E-state index in [0.29, 0.717) is 12.5 Å². The van der Waals surface area contributed by atoms with Gasteiger partial charge in [0.15, 0.2) is 0 Å². The normalized spacial score (nSPS) is 27.9. The minimum Gasteiger partial charge on any atom is -0.325 e. The lowest BCUT2D eigenvalue weighted by Crippen LogP contribution is -2.50. The van der Waals surface area contributed by atoms with E-state index in [9.17, 15) is 0 Å². The molecule has 2 unspecified atom stereocenters. The molecule has 0 aromatic heterocycles. The van der Waals surface area contributed by atoms with Gasteiger partial charge >= 0.3 is 0 Å². The predicted octanol–water partition coefficient (Wildman–Crippen LogP) is 0.384. The first-order valence-electron chi connectivity index (χ1n) is 4.22. The summed E-state index contributed by atoms with van der Waals surface area (Å²) >= 11 is 1.97. The molecular formula is C9H16N2S. The van der Waals surface area contributed by atoms with E-state index in [4.69, 9.17) is 12.2 Å². The fourth-order valence-electron chi connectivity index (χ4n) is 1.43. The molecule has 0 bridgehead atoms. The van der Waals surface area contributed by atoms with Crippen LogP contribution in [0.15, 0.2) is 0 Å². The Labute approximate surface area is 78.9 Å². The minimum absolute atomic E-state index is 0.146. The summed E-state index contributed by atoms with van der Waals surface area (Å²) in [5, 5.41) is 0. The van der Waals surface area contributed by atoms with Gasteiger partial charge in [-0.3, -0.25) is 0 Å². The highest BCUT2D eigenvalue weighted by molar-refractivity contribution is 7.99. The molecule has 1 saturated heterocycles. The van der Waals surface area contributed by atoms with Gasteiger partial charge in [0.2, 0.25) is 0 Å². The fourth-order valence-corrected chi connectivity index (χ4v) is 2.76. The summed E-state index contributed by atoms with van der Waals surface area (Å²) in [5.74, 6) is 4.97. The summed E-state index contributed by atoms with van der Waals surface area (Å²) in [4.78, 5) is 2.32. The van der Waals surface area contributed by atoms with E-state index in [-0.39, 0.29) is 6.04 Å². The smallest absolute Gasteiger partial charge is 0.0344 e. The molecule has 1 rings (SSSR count). The second kappa shape index (κ2) is 4.76. The number of likely N-dealkylation sites (N-methyl/N-ethyl adjacent to an activating group) is 1. The van der Waals surface area contributed by atoms with Crippen LogP contribution in [0.25, 0.3) is 0 Å². The zero-order chi connectivity index (χ0) is 8.97. The van der Waals surface area contributed by atoms with E-state index >= 15 is 0 Å². The van der Waals surface area contributed by atoms with Gasteiger partial charge in [0.1, 0.15) is 0 Å². The maximum absolute atomic E-state index is 5.95. The lowest BCUT2D eigenvalue weighted by atomic mass is 10.1. The van der Waals surface area contributed by atoms with E-state index in [1.807, 2.05) is 11.8 Å². The van der Waals surface area contributed by atoms with Crippen molar-refractivity contribution in [2.75, 3.05) is 25.1 Å². The van der Waals surface area contributed by atoms with E-state index in [0.717, 1.165) is 12.3 Å². The molecule has 1 aliphatic heterocycles. The van der Waals surface area contributed by atoms with Crippen LogP contribution < -0.4 is 5.73 Å². The maximum Gasteiger partial charge on any atom is 0.0344 e. The van der Waals surface area contributed by atoms with Crippen LogP contribution in [0, 0.1) is 12.3 Å². The van der Waals surface area contributed by atoms with Gasteiger partial charge in [0.05, 0.1) is 0 Å². The molecule has 0 amide bonds. The summed E-state index contributed by atoms with van der Waals surface area (Å²) in [6, 6.07) is 0.618. The summed E-state index contributed by atoms with van der Waals surface area (Å²) < 4.78 is 0. The van der Waals surface area contributed by atoms with Crippen molar-refractivity contribution in [3.8, 4) is 12.3 Å². The van der Waals surface area contributed by atoms with Crippen LogP contribution in [-0.4, -0.2) is 42.1 Å². The molecule has 0 radical (unpaired) electrons. The van der Waals surface area contributed by atoms with Gasteiger partial charge < -0.3 is 10.6 Å². The summed E-state index contributed by atoms with van der Waals surface area (Å²) in [7, 11) is 2.13. The quantitative estimate of drug-likeness (QED) is 0.629. The number of thioether (sulfide) groups is 1. The van der Waals surface area contributed by atoms with E-state index in [2.05, 4.69) is 17.9 Å². The molecule has 0 aromatic rings. The van der Waals surface area contributed by atoms with Gasteiger partial charge in [-0.05, 0) is 7.05 Å². The van der Waals surface area contributed by atoms with Crippen LogP contribution in [-0.2, 0) is 0 Å². The van der Waals surface area contributed by atoms with Gasteiger partial charge in [-0.2, -0.15) is 11.8 Å². The Hall–Kier alpha value is -0.170. The Kier molecular flexibility index (Phi) is 3.93. The molecule has 0 spiro atoms. The Morgan fingerprint density at radius 2 is 2.58 bits per heavy atom. The number of terminal acetylenes is 1. The van der Waals surface area contributed by atoms with Crippen LogP contribution in [0.3, 0.4) is 0 Å². The van der Waals surface area contributed by atoms with Gasteiger partial charge in [0.25, 0.3) is 0 Å². The Balaban J connectivity index is 2.43. The summed E-state index contributed by atoms with van der Waals surface area (Å²) in [6.45, 7) is 1.13. The lowest BCUT2D eigenvalue weighted by molar-refractivity contribution is 0.237. The van der Waals surface area contributed by atoms with Crippen molar-refractivity contribution < 1.29 is 0 Å². The highest BCUT2D eigenvalue weighted by atomic mass is 32.2. The number of rotatable bonds is 2. The number of hydrogen-bond acceptors (Lipinski definition) is 3. The van der Waals surface area contributed by atoms with Crippen LogP contribution in [0.2, 0.25) is 0 Å². The number of nitrogens with zero attached hydrogens (tertiary/aromatic N) is 1. The Morgan fingerprint density at radius 3 is 3.17 bits per heavy atom. The Bertz CT molecular complexity index is 176. The third kappa shape index (κ3) is 2.41. The van der Waals surface area contributed by atoms with E-state index in [1.54, 1.807) is 0 Å². The monoisotopic (exact) mass is 184 g/mol. The van der Waals surface area contributed by atoms with Crippen molar-refractivity contribution in [2.45, 2.75) is 18.5 Å². The highest BCUT2D eigenvalue weighted by Gasteiger charge is 2.24. The first-order chi connectivity index (χ1) is 5.75. The first-order valence-corrected chi connectivity index (χ1v) is 5.38. The van der Waals surface area contributed by atoms with Crippen molar-refractivity contribution >= 4 is 11.8 Å². The Morgan fingerprint density at radius 1 is 1.83 bits per heavy atom. The molecule has 1 fully saturated rings. The van der Waals surface area contributed by atoms with Crippen LogP contribution >= 0.6 is 11.8 Å². The molecule has 1 heterocycles. The second-order valence-electron chi connectivity index (χ2n) is 3.19. The summed E-state index contributed by atoms with van der Waals surface area (Å²) in [6.07, 6.45) is 5.92. The van der Waals surface area contributed by atoms with Crippen molar-refractivity contribution in [1.29, 1.82) is 0 Å². The zero-order valence-electron chi connectivity index (χ0n) is 7.49. The van der Waals surface area contributed by atoms with Crippen molar-refractivity contribution in [2.24, 2.45) is 5.73 Å². The molecule has 1 aliphatic rings. The first kappa shape index (κ1) is 9.91. The van der Waals surface area contributed by atoms with E-state index < -0.39 is 0 Å². The zero-order valence-corrected chi connectivity index (χ0v) is 8.31. The second-order valence-corrected chi connectivity index (χ2v) is 4.34. The molecular weight excluding hydrogens is 168 g/mol. The molecule has 0 aromatic carbocycles. The average molecular weight is 184 g/mol. The van der Waals surface area contributed by atoms with Crippen LogP contribution in [0.5, 0.6) is 0 Å². The third-order valence-electron chi connectivity index (χ3n) is 2.29. The maximum atomic E-state index is 5.95. The average Bonchev–Trinajstić information content (AvgIpc) is 2.05. The highest BCUT2D eigenvalue weighted by Crippen LogP contribution is 2.17. The molecule has 0 saturated carbocycles. The van der Waals surface area contributed by atoms with Crippen molar-refractivity contribution in [3.63, 3.8) is 0 Å². The topological polar surface area (TPSA) is 29.3 Å². The molecule has 2 atom stereocenters. The number of nitrogens with two attached hydrogens (primary N) is 1. The third-order valence-corrected chi connectivity index (χ3v) is 3.34. The molecule has 68 valence electrons. The number of hydrogen-bond donors (Lipinski definition) is 1. The van der Waals surface area contributed by atoms with Crippen LogP contribution in [0.4, 0.5) is 0 Å². The van der Waals surface area contributed by atoms with Gasteiger partial charge in [0, 0.05) is 36.6 Å². The largest absolute Gasteiger partial charge is 0.325 e. The molecule has 3 heteroatoms. The predicted molar refractivity (Wildman–Crippen MR) is 55.2 cm³/mol. The summed E-state index contributed by atoms with van der Waals surface area (Å²) in [5.41, 5.74) is 5.95. The SMILES string of the molecule is C#CCC(N)C1CSCCN1C. The van der Waals surface area contributed by atoms with E-state index in [1.165, 1.54) is 5.75 Å². The van der Waals surface area contributed by atoms with Gasteiger partial charge in [-0.15, -0.1) is 12.3 Å². The van der Waals surface area contributed by atoms with Crippen LogP contribution in [0.1, 0.15) is 6.42 Å². The molecule has 0 aliphatic carbocycles. The molecule has 2 N–H and O–H groups in total. The lowest BCUT2D eigenvalue weighted by Gasteiger charge is -2.35. The van der Waals surface area contributed by atoms with Gasteiger partial charge in [-0.1, -0.05) is 0 Å².